The maximum absolute atomic E-state index is 11.8. The highest BCUT2D eigenvalue weighted by Gasteiger charge is 2.05. The number of unbranched alkanes of at least 4 members (excludes halogenated alkanes) is 1. The van der Waals surface area contributed by atoms with Crippen LogP contribution in [0, 0.1) is 6.92 Å². The minimum absolute atomic E-state index is 0.116. The maximum Gasteiger partial charge on any atom is 0.226 e. The summed E-state index contributed by atoms with van der Waals surface area (Å²) in [6.45, 7) is 5.19. The Hall–Kier alpha value is -1.75. The number of hydrogen-bond acceptors (Lipinski definition) is 2. The quantitative estimate of drug-likeness (QED) is 0.411. The van der Waals surface area contributed by atoms with Crippen molar-refractivity contribution in [2.45, 2.75) is 33.1 Å². The number of halogens is 1. The molecule has 1 rings (SSSR count). The number of guanidine groups is 1. The van der Waals surface area contributed by atoms with Gasteiger partial charge in [0.05, 0.1) is 10.7 Å². The Bertz CT molecular complexity index is 502. The number of nitrogens with two attached hydrogens (primary N) is 1. The zero-order valence-electron chi connectivity index (χ0n) is 12.6. The fraction of sp³-hybridized carbons (Fsp3) is 0.467. The zero-order valence-corrected chi connectivity index (χ0v) is 13.3. The lowest BCUT2D eigenvalue weighted by molar-refractivity contribution is -0.116. The van der Waals surface area contributed by atoms with Crippen molar-refractivity contribution in [1.29, 1.82) is 0 Å². The highest BCUT2D eigenvalue weighted by atomic mass is 35.5. The molecule has 0 atom stereocenters. The summed E-state index contributed by atoms with van der Waals surface area (Å²) in [7, 11) is 0. The van der Waals surface area contributed by atoms with E-state index < -0.39 is 0 Å². The molecule has 4 N–H and O–H groups in total. The maximum atomic E-state index is 11.8. The van der Waals surface area contributed by atoms with Gasteiger partial charge < -0.3 is 16.4 Å². The molecule has 0 aliphatic carbocycles. The normalized spacial score (nSPS) is 11.3. The van der Waals surface area contributed by atoms with Crippen LogP contribution in [0.15, 0.2) is 23.2 Å². The molecule has 5 nitrogen and oxygen atoms in total. The van der Waals surface area contributed by atoms with Gasteiger partial charge in [-0.3, -0.25) is 9.79 Å². The van der Waals surface area contributed by atoms with Crippen molar-refractivity contribution in [3.05, 3.63) is 28.8 Å². The highest BCUT2D eigenvalue weighted by molar-refractivity contribution is 6.33. The van der Waals surface area contributed by atoms with Gasteiger partial charge in [0, 0.05) is 19.5 Å². The highest BCUT2D eigenvalue weighted by Crippen LogP contribution is 2.22. The molecule has 0 spiro atoms. The third kappa shape index (κ3) is 6.99. The number of anilines is 1. The molecule has 0 fully saturated rings. The lowest BCUT2D eigenvalue weighted by Gasteiger charge is -2.09. The molecule has 0 saturated heterocycles. The van der Waals surface area contributed by atoms with E-state index in [9.17, 15) is 4.79 Å². The van der Waals surface area contributed by atoms with Crippen LogP contribution in [0.5, 0.6) is 0 Å². The Morgan fingerprint density at radius 3 is 2.86 bits per heavy atom. The summed E-state index contributed by atoms with van der Waals surface area (Å²) in [5, 5.41) is 6.23. The molecule has 0 aromatic heterocycles. The standard InChI is InChI=1S/C15H23ClN4O/c1-3-4-8-18-15(17)19-9-7-14(21)20-13-6-5-11(2)10-12(13)16/h5-6,10H,3-4,7-9H2,1-2H3,(H,20,21)(H3,17,18,19). The van der Waals surface area contributed by atoms with Crippen molar-refractivity contribution in [1.82, 2.24) is 5.32 Å². The first-order valence-corrected chi connectivity index (χ1v) is 7.50. The molecule has 116 valence electrons. The second kappa shape index (κ2) is 9.23. The number of carbonyl (C=O) groups excluding carboxylic acids is 1. The van der Waals surface area contributed by atoms with Crippen molar-refractivity contribution in [3.8, 4) is 0 Å². The number of benzene rings is 1. The molecule has 0 bridgehead atoms. The number of aliphatic imine (C=N–C) groups is 1. The van der Waals surface area contributed by atoms with Gasteiger partial charge >= 0.3 is 0 Å². The van der Waals surface area contributed by atoms with Gasteiger partial charge in [-0.25, -0.2) is 0 Å². The van der Waals surface area contributed by atoms with Gasteiger partial charge in [-0.2, -0.15) is 0 Å². The van der Waals surface area contributed by atoms with Gasteiger partial charge in [0.15, 0.2) is 5.96 Å². The first-order chi connectivity index (χ1) is 10.0. The SMILES string of the molecule is CCCCN=C(N)NCCC(=O)Nc1ccc(C)cc1Cl. The number of aryl methyl sites for hydroxylation is 1. The van der Waals surface area contributed by atoms with E-state index in [1.807, 2.05) is 19.1 Å². The topological polar surface area (TPSA) is 79.5 Å². The van der Waals surface area contributed by atoms with E-state index in [1.54, 1.807) is 6.07 Å². The predicted molar refractivity (Wildman–Crippen MR) is 88.8 cm³/mol. The minimum atomic E-state index is -0.116. The Balaban J connectivity index is 2.32. The van der Waals surface area contributed by atoms with Crippen LogP contribution in [0.2, 0.25) is 5.02 Å². The van der Waals surface area contributed by atoms with Crippen LogP contribution in [-0.4, -0.2) is 25.0 Å². The van der Waals surface area contributed by atoms with Gasteiger partial charge in [0.1, 0.15) is 0 Å². The summed E-state index contributed by atoms with van der Waals surface area (Å²) in [5.41, 5.74) is 7.35. The van der Waals surface area contributed by atoms with Gasteiger partial charge in [0.25, 0.3) is 0 Å². The largest absolute Gasteiger partial charge is 0.370 e. The molecule has 0 radical (unpaired) electrons. The molecule has 1 aromatic rings. The number of rotatable bonds is 7. The van der Waals surface area contributed by atoms with Crippen molar-refractivity contribution >= 4 is 29.2 Å². The lowest BCUT2D eigenvalue weighted by Crippen LogP contribution is -2.34. The van der Waals surface area contributed by atoms with Crippen LogP contribution >= 0.6 is 11.6 Å². The van der Waals surface area contributed by atoms with E-state index >= 15 is 0 Å². The summed E-state index contributed by atoms with van der Waals surface area (Å²) in [4.78, 5) is 16.0. The second-order valence-electron chi connectivity index (χ2n) is 4.83. The van der Waals surface area contributed by atoms with Crippen LogP contribution < -0.4 is 16.4 Å². The Labute approximate surface area is 131 Å². The number of hydrogen-bond donors (Lipinski definition) is 3. The molecule has 0 aliphatic heterocycles. The predicted octanol–water partition coefficient (Wildman–Crippen LogP) is 2.68. The second-order valence-corrected chi connectivity index (χ2v) is 5.24. The fourth-order valence-electron chi connectivity index (χ4n) is 1.65. The minimum Gasteiger partial charge on any atom is -0.370 e. The van der Waals surface area contributed by atoms with E-state index in [4.69, 9.17) is 17.3 Å². The van der Waals surface area contributed by atoms with Gasteiger partial charge in [-0.05, 0) is 31.0 Å². The zero-order chi connectivity index (χ0) is 15.7. The Morgan fingerprint density at radius 1 is 1.43 bits per heavy atom. The van der Waals surface area contributed by atoms with Crippen LogP contribution in [-0.2, 0) is 4.79 Å². The molecular formula is C15H23ClN4O. The number of carbonyl (C=O) groups is 1. The first kappa shape index (κ1) is 17.3. The summed E-state index contributed by atoms with van der Waals surface area (Å²) < 4.78 is 0. The van der Waals surface area contributed by atoms with Crippen molar-refractivity contribution in [2.75, 3.05) is 18.4 Å². The van der Waals surface area contributed by atoms with E-state index in [-0.39, 0.29) is 5.91 Å². The van der Waals surface area contributed by atoms with Gasteiger partial charge in [0.2, 0.25) is 5.91 Å². The molecule has 1 aromatic carbocycles. The monoisotopic (exact) mass is 310 g/mol. The number of amides is 1. The Kier molecular flexibility index (Phi) is 7.61. The average Bonchev–Trinajstić information content (AvgIpc) is 2.42. The summed E-state index contributed by atoms with van der Waals surface area (Å²) in [6, 6.07) is 5.51. The van der Waals surface area contributed by atoms with Gasteiger partial charge in [-0.15, -0.1) is 0 Å². The van der Waals surface area contributed by atoms with Crippen LogP contribution in [0.1, 0.15) is 31.7 Å². The first-order valence-electron chi connectivity index (χ1n) is 7.12. The third-order valence-electron chi connectivity index (χ3n) is 2.85. The van der Waals surface area contributed by atoms with Gasteiger partial charge in [-0.1, -0.05) is 31.0 Å². The van der Waals surface area contributed by atoms with Crippen LogP contribution in [0.3, 0.4) is 0 Å². The number of nitrogens with one attached hydrogen (secondary N) is 2. The molecule has 6 heteroatoms. The molecule has 0 saturated carbocycles. The summed E-state index contributed by atoms with van der Waals surface area (Å²) in [6.07, 6.45) is 2.39. The number of nitrogens with zero attached hydrogens (tertiary/aromatic N) is 1. The van der Waals surface area contributed by atoms with Crippen molar-refractivity contribution in [2.24, 2.45) is 10.7 Å². The summed E-state index contributed by atoms with van der Waals surface area (Å²) in [5.74, 6) is 0.263. The molecule has 0 unspecified atom stereocenters. The lowest BCUT2D eigenvalue weighted by atomic mass is 10.2. The smallest absolute Gasteiger partial charge is 0.226 e. The third-order valence-corrected chi connectivity index (χ3v) is 3.16. The molecule has 1 amide bonds. The fourth-order valence-corrected chi connectivity index (χ4v) is 1.93. The van der Waals surface area contributed by atoms with Crippen molar-refractivity contribution < 1.29 is 4.79 Å². The Morgan fingerprint density at radius 2 is 2.19 bits per heavy atom. The average molecular weight is 311 g/mol. The molecule has 0 heterocycles. The molecule has 21 heavy (non-hydrogen) atoms. The van der Waals surface area contributed by atoms with E-state index in [2.05, 4.69) is 22.5 Å². The van der Waals surface area contributed by atoms with E-state index in [1.165, 1.54) is 0 Å². The van der Waals surface area contributed by atoms with E-state index in [0.29, 0.717) is 36.2 Å². The molecular weight excluding hydrogens is 288 g/mol. The summed E-state index contributed by atoms with van der Waals surface area (Å²) >= 11 is 6.06. The van der Waals surface area contributed by atoms with Crippen LogP contribution in [0.25, 0.3) is 0 Å². The van der Waals surface area contributed by atoms with E-state index in [0.717, 1.165) is 18.4 Å². The van der Waals surface area contributed by atoms with Crippen LogP contribution in [0.4, 0.5) is 5.69 Å². The molecule has 0 aliphatic rings. The van der Waals surface area contributed by atoms with Crippen molar-refractivity contribution in [3.63, 3.8) is 0 Å².